The number of aliphatic imine (C=N–C) groups is 1. The van der Waals surface area contributed by atoms with Gasteiger partial charge in [0, 0.05) is 39.4 Å². The summed E-state index contributed by atoms with van der Waals surface area (Å²) in [7, 11) is 0. The summed E-state index contributed by atoms with van der Waals surface area (Å²) >= 11 is 0. The average molecular weight is 412 g/mol. The molecule has 0 aliphatic carbocycles. The van der Waals surface area contributed by atoms with E-state index in [2.05, 4.69) is 29.4 Å². The van der Waals surface area contributed by atoms with Crippen LogP contribution in [0.15, 0.2) is 4.99 Å². The number of hydrogen-bond acceptors (Lipinski definition) is 3. The fraction of sp³-hybridized carbons (Fsp3) is 0.933. The van der Waals surface area contributed by atoms with E-state index in [1.54, 1.807) is 0 Å². The zero-order chi connectivity index (χ0) is 14.6. The Morgan fingerprint density at radius 2 is 2.10 bits per heavy atom. The van der Waals surface area contributed by atoms with Gasteiger partial charge in [0.2, 0.25) is 0 Å². The lowest BCUT2D eigenvalue weighted by atomic mass is 10.1. The smallest absolute Gasteiger partial charge is 0.191 e. The molecule has 126 valence electrons. The third-order valence-electron chi connectivity index (χ3n) is 3.63. The maximum absolute atomic E-state index is 5.33. The summed E-state index contributed by atoms with van der Waals surface area (Å²) in [6, 6.07) is 0. The molecule has 1 saturated heterocycles. The van der Waals surface area contributed by atoms with Crippen molar-refractivity contribution >= 4 is 29.9 Å². The van der Waals surface area contributed by atoms with E-state index in [9.17, 15) is 0 Å². The highest BCUT2D eigenvalue weighted by molar-refractivity contribution is 14.0. The van der Waals surface area contributed by atoms with Crippen LogP contribution in [0.5, 0.6) is 0 Å². The normalized spacial score (nSPS) is 19.4. The van der Waals surface area contributed by atoms with Gasteiger partial charge in [-0.15, -0.1) is 24.0 Å². The van der Waals surface area contributed by atoms with Crippen molar-refractivity contribution in [2.24, 2.45) is 10.9 Å². The number of guanidine groups is 1. The molecule has 1 rings (SSSR count). The molecule has 21 heavy (non-hydrogen) atoms. The molecule has 0 saturated carbocycles. The number of halogens is 1. The first-order valence-corrected chi connectivity index (χ1v) is 8.12. The highest BCUT2D eigenvalue weighted by Crippen LogP contribution is 2.15. The lowest BCUT2D eigenvalue weighted by molar-refractivity contribution is 0.145. The predicted octanol–water partition coefficient (Wildman–Crippen LogP) is 1.93. The number of hydrogen-bond donors (Lipinski definition) is 2. The average Bonchev–Trinajstić information content (AvgIpc) is 2.92. The first kappa shape index (κ1) is 20.9. The molecule has 0 aromatic carbocycles. The highest BCUT2D eigenvalue weighted by atomic mass is 127. The van der Waals surface area contributed by atoms with Gasteiger partial charge in [-0.25, -0.2) is 0 Å². The Morgan fingerprint density at radius 3 is 2.71 bits per heavy atom. The summed E-state index contributed by atoms with van der Waals surface area (Å²) in [4.78, 5) is 7.21. The maximum Gasteiger partial charge on any atom is 0.191 e. The van der Waals surface area contributed by atoms with Crippen molar-refractivity contribution in [3.63, 3.8) is 0 Å². The van der Waals surface area contributed by atoms with Gasteiger partial charge in [0.25, 0.3) is 0 Å². The van der Waals surface area contributed by atoms with E-state index < -0.39 is 0 Å². The minimum atomic E-state index is 0. The molecule has 1 aliphatic rings. The van der Waals surface area contributed by atoms with E-state index in [1.165, 1.54) is 19.5 Å². The summed E-state index contributed by atoms with van der Waals surface area (Å²) < 4.78 is 5.33. The van der Waals surface area contributed by atoms with E-state index in [4.69, 9.17) is 9.73 Å². The standard InChI is InChI=1S/C15H32N4O.HI/c1-4-16-15(17-9-7-11-20-6-3)18-12-14-8-10-19(5-2)13-14;/h14H,4-13H2,1-3H3,(H2,16,17,18);1H. The van der Waals surface area contributed by atoms with Crippen molar-refractivity contribution in [1.29, 1.82) is 0 Å². The molecule has 0 amide bonds. The summed E-state index contributed by atoms with van der Waals surface area (Å²) in [5.41, 5.74) is 0. The molecule has 5 nitrogen and oxygen atoms in total. The zero-order valence-electron chi connectivity index (χ0n) is 13.9. The molecule has 1 atom stereocenters. The van der Waals surface area contributed by atoms with Crippen LogP contribution in [-0.4, -0.2) is 63.3 Å². The van der Waals surface area contributed by atoms with Crippen LogP contribution in [0, 0.1) is 5.92 Å². The topological polar surface area (TPSA) is 48.9 Å². The van der Waals surface area contributed by atoms with Crippen molar-refractivity contribution in [3.05, 3.63) is 0 Å². The Balaban J connectivity index is 0.00000400. The Morgan fingerprint density at radius 1 is 1.29 bits per heavy atom. The fourth-order valence-corrected chi connectivity index (χ4v) is 2.44. The third-order valence-corrected chi connectivity index (χ3v) is 3.63. The second-order valence-electron chi connectivity index (χ2n) is 5.24. The molecule has 6 heteroatoms. The predicted molar refractivity (Wildman–Crippen MR) is 101 cm³/mol. The van der Waals surface area contributed by atoms with Crippen LogP contribution in [0.2, 0.25) is 0 Å². The van der Waals surface area contributed by atoms with Crippen LogP contribution in [0.4, 0.5) is 0 Å². The quantitative estimate of drug-likeness (QED) is 0.263. The Kier molecular flexibility index (Phi) is 13.5. The molecular formula is C15H33IN4O. The molecule has 1 unspecified atom stereocenters. The summed E-state index contributed by atoms with van der Waals surface area (Å²) in [5.74, 6) is 1.66. The van der Waals surface area contributed by atoms with E-state index in [0.29, 0.717) is 5.92 Å². The van der Waals surface area contributed by atoms with Crippen LogP contribution >= 0.6 is 24.0 Å². The molecule has 0 bridgehead atoms. The highest BCUT2D eigenvalue weighted by Gasteiger charge is 2.20. The van der Waals surface area contributed by atoms with Crippen molar-refractivity contribution < 1.29 is 4.74 Å². The van der Waals surface area contributed by atoms with Gasteiger partial charge in [-0.1, -0.05) is 6.92 Å². The lowest BCUT2D eigenvalue weighted by Crippen LogP contribution is -2.38. The van der Waals surface area contributed by atoms with Crippen LogP contribution in [-0.2, 0) is 4.74 Å². The summed E-state index contributed by atoms with van der Waals surface area (Å²) in [6.07, 6.45) is 2.30. The molecule has 1 fully saturated rings. The fourth-order valence-electron chi connectivity index (χ4n) is 2.44. The van der Waals surface area contributed by atoms with Gasteiger partial charge in [-0.3, -0.25) is 4.99 Å². The van der Waals surface area contributed by atoms with Gasteiger partial charge in [-0.2, -0.15) is 0 Å². The minimum absolute atomic E-state index is 0. The molecule has 0 aromatic rings. The van der Waals surface area contributed by atoms with Crippen LogP contribution in [0.25, 0.3) is 0 Å². The molecule has 0 aromatic heterocycles. The van der Waals surface area contributed by atoms with Gasteiger partial charge in [0.1, 0.15) is 0 Å². The number of nitrogens with one attached hydrogen (secondary N) is 2. The van der Waals surface area contributed by atoms with E-state index >= 15 is 0 Å². The minimum Gasteiger partial charge on any atom is -0.382 e. The summed E-state index contributed by atoms with van der Waals surface area (Å²) in [6.45, 7) is 14.3. The van der Waals surface area contributed by atoms with Crippen molar-refractivity contribution in [2.45, 2.75) is 33.6 Å². The van der Waals surface area contributed by atoms with Crippen molar-refractivity contribution in [1.82, 2.24) is 15.5 Å². The van der Waals surface area contributed by atoms with Gasteiger partial charge < -0.3 is 20.3 Å². The number of rotatable bonds is 9. The molecule has 0 spiro atoms. The third kappa shape index (κ3) is 9.52. The molecule has 2 N–H and O–H groups in total. The number of ether oxygens (including phenoxy) is 1. The Labute approximate surface area is 147 Å². The maximum atomic E-state index is 5.33. The van der Waals surface area contributed by atoms with E-state index in [1.807, 2.05) is 6.92 Å². The van der Waals surface area contributed by atoms with Gasteiger partial charge in [0.15, 0.2) is 5.96 Å². The Hall–Kier alpha value is -0.0800. The number of nitrogens with zero attached hydrogens (tertiary/aromatic N) is 2. The van der Waals surface area contributed by atoms with Crippen LogP contribution in [0.3, 0.4) is 0 Å². The Bertz CT molecular complexity index is 276. The van der Waals surface area contributed by atoms with Crippen molar-refractivity contribution in [3.8, 4) is 0 Å². The molecular weight excluding hydrogens is 379 g/mol. The lowest BCUT2D eigenvalue weighted by Gasteiger charge is -2.14. The second-order valence-corrected chi connectivity index (χ2v) is 5.24. The van der Waals surface area contributed by atoms with E-state index in [0.717, 1.165) is 51.8 Å². The molecule has 1 heterocycles. The number of likely N-dealkylation sites (tertiary alicyclic amines) is 1. The summed E-state index contributed by atoms with van der Waals surface area (Å²) in [5, 5.41) is 6.68. The first-order chi connectivity index (χ1) is 9.80. The second kappa shape index (κ2) is 13.6. The van der Waals surface area contributed by atoms with Gasteiger partial charge >= 0.3 is 0 Å². The molecule has 0 radical (unpaired) electrons. The van der Waals surface area contributed by atoms with Crippen molar-refractivity contribution in [2.75, 3.05) is 52.5 Å². The largest absolute Gasteiger partial charge is 0.382 e. The van der Waals surface area contributed by atoms with Crippen LogP contribution < -0.4 is 10.6 Å². The van der Waals surface area contributed by atoms with Crippen LogP contribution in [0.1, 0.15) is 33.6 Å². The van der Waals surface area contributed by atoms with Gasteiger partial charge in [0.05, 0.1) is 0 Å². The molecule has 1 aliphatic heterocycles. The SMILES string of the molecule is CCNC(=NCC1CCN(CC)C1)NCCCOCC.I. The van der Waals surface area contributed by atoms with E-state index in [-0.39, 0.29) is 24.0 Å². The first-order valence-electron chi connectivity index (χ1n) is 8.12. The monoisotopic (exact) mass is 412 g/mol. The van der Waals surface area contributed by atoms with Gasteiger partial charge in [-0.05, 0) is 45.7 Å². The zero-order valence-corrected chi connectivity index (χ0v) is 16.2.